The van der Waals surface area contributed by atoms with E-state index in [0.717, 1.165) is 25.4 Å². The third-order valence-corrected chi connectivity index (χ3v) is 4.30. The van der Waals surface area contributed by atoms with Crippen molar-refractivity contribution in [1.29, 1.82) is 0 Å². The van der Waals surface area contributed by atoms with Gasteiger partial charge in [0.15, 0.2) is 0 Å². The van der Waals surface area contributed by atoms with Gasteiger partial charge < -0.3 is 10.1 Å². The average Bonchev–Trinajstić information content (AvgIpc) is 2.99. The SMILES string of the molecule is CCOc1ccc(CNCC(C(C)C)N2CCCC2)cc1. The maximum atomic E-state index is 5.48. The molecule has 0 aliphatic carbocycles. The zero-order valence-corrected chi connectivity index (χ0v) is 13.8. The summed E-state index contributed by atoms with van der Waals surface area (Å²) in [5.41, 5.74) is 1.32. The first-order chi connectivity index (χ1) is 10.2. The van der Waals surface area contributed by atoms with Crippen LogP contribution < -0.4 is 10.1 Å². The number of nitrogens with zero attached hydrogens (tertiary/aromatic N) is 1. The summed E-state index contributed by atoms with van der Waals surface area (Å²) in [7, 11) is 0. The summed E-state index contributed by atoms with van der Waals surface area (Å²) in [6.07, 6.45) is 2.73. The third kappa shape index (κ3) is 5.01. The summed E-state index contributed by atoms with van der Waals surface area (Å²) in [6, 6.07) is 9.08. The van der Waals surface area contributed by atoms with E-state index in [1.165, 1.54) is 31.5 Å². The number of hydrogen-bond donors (Lipinski definition) is 1. The fraction of sp³-hybridized carbons (Fsp3) is 0.667. The molecule has 0 saturated carbocycles. The van der Waals surface area contributed by atoms with Crippen molar-refractivity contribution in [2.24, 2.45) is 5.92 Å². The molecular formula is C18H30N2O. The molecule has 1 unspecified atom stereocenters. The van der Waals surface area contributed by atoms with Crippen molar-refractivity contribution < 1.29 is 4.74 Å². The standard InChI is InChI=1S/C18H30N2O/c1-4-21-17-9-7-16(8-10-17)13-19-14-18(15(2)3)20-11-5-6-12-20/h7-10,15,18-19H,4-6,11-14H2,1-3H3. The molecule has 1 aromatic carbocycles. The quantitative estimate of drug-likeness (QED) is 0.795. The Morgan fingerprint density at radius 3 is 2.38 bits per heavy atom. The molecule has 1 heterocycles. The molecule has 0 radical (unpaired) electrons. The molecule has 0 aromatic heterocycles. The Morgan fingerprint density at radius 2 is 1.81 bits per heavy atom. The minimum atomic E-state index is 0.662. The Kier molecular flexibility index (Phi) is 6.52. The molecule has 1 aromatic rings. The van der Waals surface area contributed by atoms with E-state index >= 15 is 0 Å². The Labute approximate surface area is 129 Å². The highest BCUT2D eigenvalue weighted by Gasteiger charge is 2.23. The molecule has 3 heteroatoms. The van der Waals surface area contributed by atoms with Gasteiger partial charge in [-0.05, 0) is 56.5 Å². The van der Waals surface area contributed by atoms with Crippen molar-refractivity contribution in [3.8, 4) is 5.75 Å². The van der Waals surface area contributed by atoms with Crippen molar-refractivity contribution >= 4 is 0 Å². The van der Waals surface area contributed by atoms with Gasteiger partial charge in [-0.1, -0.05) is 26.0 Å². The molecule has 1 N–H and O–H groups in total. The van der Waals surface area contributed by atoms with Gasteiger partial charge >= 0.3 is 0 Å². The van der Waals surface area contributed by atoms with E-state index in [2.05, 4.69) is 48.3 Å². The Hall–Kier alpha value is -1.06. The highest BCUT2D eigenvalue weighted by molar-refractivity contribution is 5.27. The molecule has 21 heavy (non-hydrogen) atoms. The Morgan fingerprint density at radius 1 is 1.14 bits per heavy atom. The van der Waals surface area contributed by atoms with Gasteiger partial charge in [0.25, 0.3) is 0 Å². The molecule has 2 rings (SSSR count). The second-order valence-corrected chi connectivity index (χ2v) is 6.26. The van der Waals surface area contributed by atoms with Crippen LogP contribution in [0.4, 0.5) is 0 Å². The molecular weight excluding hydrogens is 260 g/mol. The molecule has 1 fully saturated rings. The minimum Gasteiger partial charge on any atom is -0.494 e. The van der Waals surface area contributed by atoms with Crippen LogP contribution in [0.1, 0.15) is 39.2 Å². The van der Waals surface area contributed by atoms with Gasteiger partial charge in [0, 0.05) is 19.1 Å². The van der Waals surface area contributed by atoms with Crippen molar-refractivity contribution in [3.05, 3.63) is 29.8 Å². The topological polar surface area (TPSA) is 24.5 Å². The van der Waals surface area contributed by atoms with E-state index < -0.39 is 0 Å². The molecule has 1 saturated heterocycles. The molecule has 0 spiro atoms. The molecule has 0 bridgehead atoms. The predicted molar refractivity (Wildman–Crippen MR) is 88.8 cm³/mol. The summed E-state index contributed by atoms with van der Waals surface area (Å²) in [5.74, 6) is 1.66. The van der Waals surface area contributed by atoms with E-state index in [4.69, 9.17) is 4.74 Å². The molecule has 118 valence electrons. The summed E-state index contributed by atoms with van der Waals surface area (Å²) >= 11 is 0. The van der Waals surface area contributed by atoms with Crippen LogP contribution in [-0.4, -0.2) is 37.2 Å². The largest absolute Gasteiger partial charge is 0.494 e. The lowest BCUT2D eigenvalue weighted by Gasteiger charge is -2.31. The zero-order valence-electron chi connectivity index (χ0n) is 13.8. The lowest BCUT2D eigenvalue weighted by atomic mass is 10.0. The van der Waals surface area contributed by atoms with Crippen LogP contribution in [-0.2, 0) is 6.54 Å². The molecule has 1 aliphatic heterocycles. The normalized spacial score (nSPS) is 17.3. The van der Waals surface area contributed by atoms with Gasteiger partial charge in [0.1, 0.15) is 5.75 Å². The Bertz CT molecular complexity index is 396. The van der Waals surface area contributed by atoms with Crippen LogP contribution in [0.3, 0.4) is 0 Å². The Balaban J connectivity index is 1.78. The van der Waals surface area contributed by atoms with E-state index in [0.29, 0.717) is 12.0 Å². The minimum absolute atomic E-state index is 0.662. The average molecular weight is 290 g/mol. The lowest BCUT2D eigenvalue weighted by molar-refractivity contribution is 0.186. The van der Waals surface area contributed by atoms with E-state index in [-0.39, 0.29) is 0 Å². The van der Waals surface area contributed by atoms with Crippen LogP contribution >= 0.6 is 0 Å². The maximum absolute atomic E-state index is 5.48. The second kappa shape index (κ2) is 8.40. The summed E-state index contributed by atoms with van der Waals surface area (Å²) < 4.78 is 5.48. The van der Waals surface area contributed by atoms with Crippen LogP contribution in [0.5, 0.6) is 5.75 Å². The van der Waals surface area contributed by atoms with Gasteiger partial charge in [-0.3, -0.25) is 4.90 Å². The van der Waals surface area contributed by atoms with Gasteiger partial charge in [-0.25, -0.2) is 0 Å². The molecule has 0 amide bonds. The van der Waals surface area contributed by atoms with Gasteiger partial charge in [-0.15, -0.1) is 0 Å². The number of nitrogens with one attached hydrogen (secondary N) is 1. The molecule has 3 nitrogen and oxygen atoms in total. The van der Waals surface area contributed by atoms with Gasteiger partial charge in [0.05, 0.1) is 6.61 Å². The number of ether oxygens (including phenoxy) is 1. The van der Waals surface area contributed by atoms with Crippen LogP contribution in [0.25, 0.3) is 0 Å². The van der Waals surface area contributed by atoms with Crippen molar-refractivity contribution in [3.63, 3.8) is 0 Å². The lowest BCUT2D eigenvalue weighted by Crippen LogP contribution is -2.44. The number of hydrogen-bond acceptors (Lipinski definition) is 3. The third-order valence-electron chi connectivity index (χ3n) is 4.30. The second-order valence-electron chi connectivity index (χ2n) is 6.26. The fourth-order valence-electron chi connectivity index (χ4n) is 3.09. The summed E-state index contributed by atoms with van der Waals surface area (Å²) in [6.45, 7) is 12.0. The first-order valence-corrected chi connectivity index (χ1v) is 8.37. The zero-order chi connectivity index (χ0) is 15.1. The summed E-state index contributed by atoms with van der Waals surface area (Å²) in [4.78, 5) is 2.65. The van der Waals surface area contributed by atoms with Crippen molar-refractivity contribution in [2.45, 2.75) is 46.2 Å². The van der Waals surface area contributed by atoms with E-state index in [1.54, 1.807) is 0 Å². The van der Waals surface area contributed by atoms with Crippen molar-refractivity contribution in [2.75, 3.05) is 26.2 Å². The number of benzene rings is 1. The molecule has 1 atom stereocenters. The smallest absolute Gasteiger partial charge is 0.119 e. The van der Waals surface area contributed by atoms with Crippen molar-refractivity contribution in [1.82, 2.24) is 10.2 Å². The first kappa shape index (κ1) is 16.3. The van der Waals surface area contributed by atoms with Gasteiger partial charge in [-0.2, -0.15) is 0 Å². The fourth-order valence-corrected chi connectivity index (χ4v) is 3.09. The first-order valence-electron chi connectivity index (χ1n) is 8.37. The van der Waals surface area contributed by atoms with Crippen LogP contribution in [0.15, 0.2) is 24.3 Å². The highest BCUT2D eigenvalue weighted by Crippen LogP contribution is 2.17. The maximum Gasteiger partial charge on any atom is 0.119 e. The molecule has 1 aliphatic rings. The van der Waals surface area contributed by atoms with E-state index in [1.807, 2.05) is 6.92 Å². The monoisotopic (exact) mass is 290 g/mol. The highest BCUT2D eigenvalue weighted by atomic mass is 16.5. The van der Waals surface area contributed by atoms with Gasteiger partial charge in [0.2, 0.25) is 0 Å². The number of likely N-dealkylation sites (tertiary alicyclic amines) is 1. The van der Waals surface area contributed by atoms with Crippen LogP contribution in [0, 0.1) is 5.92 Å². The predicted octanol–water partition coefficient (Wildman–Crippen LogP) is 3.30. The van der Waals surface area contributed by atoms with Crippen LogP contribution in [0.2, 0.25) is 0 Å². The number of rotatable bonds is 8. The van der Waals surface area contributed by atoms with E-state index in [9.17, 15) is 0 Å². The summed E-state index contributed by atoms with van der Waals surface area (Å²) in [5, 5.41) is 3.63.